The number of sulfone groups is 1. The summed E-state index contributed by atoms with van der Waals surface area (Å²) >= 11 is 0. The van der Waals surface area contributed by atoms with Gasteiger partial charge in [0.15, 0.2) is 27.1 Å². The molecule has 1 atom stereocenters. The molecule has 1 aromatic carbocycles. The van der Waals surface area contributed by atoms with Crippen molar-refractivity contribution in [3.05, 3.63) is 18.2 Å². The highest BCUT2D eigenvalue weighted by molar-refractivity contribution is 7.92. The van der Waals surface area contributed by atoms with E-state index >= 15 is 0 Å². The molecule has 0 aromatic heterocycles. The lowest BCUT2D eigenvalue weighted by molar-refractivity contribution is -0.118. The van der Waals surface area contributed by atoms with E-state index in [4.69, 9.17) is 9.47 Å². The molecule has 0 saturated carbocycles. The summed E-state index contributed by atoms with van der Waals surface area (Å²) in [4.78, 5) is 11.7. The minimum absolute atomic E-state index is 0.0889. The molecule has 6 heteroatoms. The van der Waals surface area contributed by atoms with Crippen LogP contribution in [0.4, 0.5) is 0 Å². The van der Waals surface area contributed by atoms with Crippen molar-refractivity contribution >= 4 is 15.6 Å². The van der Waals surface area contributed by atoms with E-state index in [2.05, 4.69) is 0 Å². The van der Waals surface area contributed by atoms with Gasteiger partial charge in [-0.2, -0.15) is 0 Å². The molecule has 0 radical (unpaired) electrons. The first-order valence-corrected chi connectivity index (χ1v) is 7.67. The molecule has 0 saturated heterocycles. The van der Waals surface area contributed by atoms with Crippen LogP contribution in [0.15, 0.2) is 23.1 Å². The van der Waals surface area contributed by atoms with E-state index in [1.165, 1.54) is 19.1 Å². The van der Waals surface area contributed by atoms with Gasteiger partial charge in [-0.1, -0.05) is 6.92 Å². The number of fused-ring (bicyclic) bond motifs is 1. The Morgan fingerprint density at radius 3 is 2.53 bits per heavy atom. The van der Waals surface area contributed by atoms with Crippen LogP contribution in [0.5, 0.6) is 11.5 Å². The summed E-state index contributed by atoms with van der Waals surface area (Å²) in [5.74, 6) is 0.637. The molecule has 1 unspecified atom stereocenters. The average Bonchev–Trinajstić information content (AvgIpc) is 2.45. The molecule has 19 heavy (non-hydrogen) atoms. The fraction of sp³-hybridized carbons (Fsp3) is 0.462. The van der Waals surface area contributed by atoms with E-state index in [1.54, 1.807) is 13.0 Å². The number of hydrogen-bond donors (Lipinski definition) is 0. The molecule has 0 spiro atoms. The van der Waals surface area contributed by atoms with Gasteiger partial charge in [-0.15, -0.1) is 0 Å². The highest BCUT2D eigenvalue weighted by Gasteiger charge is 2.29. The lowest BCUT2D eigenvalue weighted by atomic mass is 10.2. The van der Waals surface area contributed by atoms with Crippen molar-refractivity contribution in [2.24, 2.45) is 0 Å². The van der Waals surface area contributed by atoms with Crippen LogP contribution in [0.3, 0.4) is 0 Å². The molecule has 0 bridgehead atoms. The van der Waals surface area contributed by atoms with Crippen molar-refractivity contribution in [3.8, 4) is 11.5 Å². The van der Waals surface area contributed by atoms with Crippen LogP contribution in [-0.4, -0.2) is 32.7 Å². The Hall–Kier alpha value is -1.56. The number of benzene rings is 1. The Morgan fingerprint density at radius 2 is 1.89 bits per heavy atom. The Kier molecular flexibility index (Phi) is 3.80. The number of Topliss-reactive ketones (excluding diaryl/α,β-unsaturated/α-hetero) is 1. The summed E-state index contributed by atoms with van der Waals surface area (Å²) in [7, 11) is -3.67. The molecule has 1 aliphatic rings. The summed E-state index contributed by atoms with van der Waals surface area (Å²) in [6.45, 7) is 3.90. The van der Waals surface area contributed by atoms with Gasteiger partial charge in [-0.25, -0.2) is 8.42 Å². The third kappa shape index (κ3) is 2.58. The molecule has 2 rings (SSSR count). The first kappa shape index (κ1) is 13.9. The van der Waals surface area contributed by atoms with Crippen molar-refractivity contribution in [3.63, 3.8) is 0 Å². The second kappa shape index (κ2) is 5.21. The van der Waals surface area contributed by atoms with Crippen LogP contribution in [0.2, 0.25) is 0 Å². The average molecular weight is 284 g/mol. The molecule has 1 aliphatic heterocycles. The number of carbonyl (C=O) groups is 1. The molecule has 0 fully saturated rings. The van der Waals surface area contributed by atoms with Gasteiger partial charge < -0.3 is 9.47 Å². The Bertz CT molecular complexity index is 591. The zero-order chi connectivity index (χ0) is 14.0. The fourth-order valence-electron chi connectivity index (χ4n) is 1.87. The second-order valence-corrected chi connectivity index (χ2v) is 6.58. The van der Waals surface area contributed by atoms with Crippen LogP contribution in [0.1, 0.15) is 20.3 Å². The van der Waals surface area contributed by atoms with Gasteiger partial charge in [0, 0.05) is 12.5 Å². The van der Waals surface area contributed by atoms with E-state index in [0.29, 0.717) is 24.7 Å². The maximum absolute atomic E-state index is 12.3. The quantitative estimate of drug-likeness (QED) is 0.840. The largest absolute Gasteiger partial charge is 0.486 e. The predicted molar refractivity (Wildman–Crippen MR) is 69.4 cm³/mol. The molecule has 0 N–H and O–H groups in total. The summed E-state index contributed by atoms with van der Waals surface area (Å²) in [5, 5.41) is -1.04. The Balaban J connectivity index is 2.38. The van der Waals surface area contributed by atoms with Gasteiger partial charge in [0.25, 0.3) is 0 Å². The molecule has 0 aliphatic carbocycles. The summed E-state index contributed by atoms with van der Waals surface area (Å²) in [6, 6.07) is 4.43. The van der Waals surface area contributed by atoms with Gasteiger partial charge in [0.05, 0.1) is 4.90 Å². The summed E-state index contributed by atoms with van der Waals surface area (Å²) < 4.78 is 35.3. The minimum atomic E-state index is -3.67. The highest BCUT2D eigenvalue weighted by atomic mass is 32.2. The number of hydrogen-bond acceptors (Lipinski definition) is 5. The van der Waals surface area contributed by atoms with E-state index in [0.717, 1.165) is 0 Å². The topological polar surface area (TPSA) is 69.7 Å². The minimum Gasteiger partial charge on any atom is -0.486 e. The van der Waals surface area contributed by atoms with Gasteiger partial charge in [-0.3, -0.25) is 4.79 Å². The fourth-order valence-corrected chi connectivity index (χ4v) is 3.32. The number of ether oxygens (including phenoxy) is 2. The van der Waals surface area contributed by atoms with Crippen molar-refractivity contribution < 1.29 is 22.7 Å². The van der Waals surface area contributed by atoms with Crippen LogP contribution in [0, 0.1) is 0 Å². The van der Waals surface area contributed by atoms with Crippen LogP contribution in [-0.2, 0) is 14.6 Å². The molecule has 5 nitrogen and oxygen atoms in total. The molecular formula is C13H16O5S. The Morgan fingerprint density at radius 1 is 1.26 bits per heavy atom. The van der Waals surface area contributed by atoms with Gasteiger partial charge in [0.2, 0.25) is 0 Å². The molecule has 104 valence electrons. The van der Waals surface area contributed by atoms with Crippen molar-refractivity contribution in [1.29, 1.82) is 0 Å². The highest BCUT2D eigenvalue weighted by Crippen LogP contribution is 2.33. The summed E-state index contributed by atoms with van der Waals surface area (Å²) in [5.41, 5.74) is 0. The lowest BCUT2D eigenvalue weighted by Crippen LogP contribution is -2.27. The van der Waals surface area contributed by atoms with Crippen LogP contribution < -0.4 is 9.47 Å². The monoisotopic (exact) mass is 284 g/mol. The number of carbonyl (C=O) groups excluding carboxylic acids is 1. The number of rotatable bonds is 4. The summed E-state index contributed by atoms with van der Waals surface area (Å²) in [6.07, 6.45) is 0.199. The van der Waals surface area contributed by atoms with E-state index in [9.17, 15) is 13.2 Å². The van der Waals surface area contributed by atoms with Gasteiger partial charge in [-0.05, 0) is 19.1 Å². The third-order valence-electron chi connectivity index (χ3n) is 3.11. The standard InChI is InChI=1S/C13H16O5S/c1-3-11(14)9(2)19(15,16)10-4-5-12-13(8-10)18-7-6-17-12/h4-5,8-9H,3,6-7H2,1-2H3. The lowest BCUT2D eigenvalue weighted by Gasteiger charge is -2.19. The molecule has 0 amide bonds. The van der Waals surface area contributed by atoms with Crippen LogP contribution in [0.25, 0.3) is 0 Å². The molecular weight excluding hydrogens is 268 g/mol. The SMILES string of the molecule is CCC(=O)C(C)S(=O)(=O)c1ccc2c(c1)OCCO2. The normalized spacial score (nSPS) is 15.9. The van der Waals surface area contributed by atoms with Crippen molar-refractivity contribution in [2.45, 2.75) is 30.4 Å². The van der Waals surface area contributed by atoms with Crippen LogP contribution >= 0.6 is 0 Å². The van der Waals surface area contributed by atoms with Crippen molar-refractivity contribution in [2.75, 3.05) is 13.2 Å². The zero-order valence-corrected chi connectivity index (χ0v) is 11.7. The molecule has 1 aromatic rings. The number of ketones is 1. The molecule has 1 heterocycles. The maximum atomic E-state index is 12.3. The predicted octanol–water partition coefficient (Wildman–Crippen LogP) is 1.60. The zero-order valence-electron chi connectivity index (χ0n) is 10.9. The smallest absolute Gasteiger partial charge is 0.188 e. The van der Waals surface area contributed by atoms with Gasteiger partial charge in [0.1, 0.15) is 18.5 Å². The third-order valence-corrected chi connectivity index (χ3v) is 5.21. The first-order chi connectivity index (χ1) is 8.96. The van der Waals surface area contributed by atoms with E-state index in [-0.39, 0.29) is 17.1 Å². The maximum Gasteiger partial charge on any atom is 0.188 e. The van der Waals surface area contributed by atoms with E-state index < -0.39 is 15.1 Å². The second-order valence-electron chi connectivity index (χ2n) is 4.31. The Labute approximate surface area is 112 Å². The first-order valence-electron chi connectivity index (χ1n) is 6.13. The van der Waals surface area contributed by atoms with E-state index in [1.807, 2.05) is 0 Å². The van der Waals surface area contributed by atoms with Gasteiger partial charge >= 0.3 is 0 Å². The van der Waals surface area contributed by atoms with Crippen molar-refractivity contribution in [1.82, 2.24) is 0 Å².